The van der Waals surface area contributed by atoms with E-state index in [0.717, 1.165) is 36.1 Å². The molecule has 110 valence electrons. The SMILES string of the molecule is N#Cc1c(N2CCCCC2)nc2sc3ccccc3n2c1=O. The Hall–Kier alpha value is -2.39. The molecular formula is C16H14N4OS. The minimum Gasteiger partial charge on any atom is -0.355 e. The van der Waals surface area contributed by atoms with E-state index in [9.17, 15) is 10.1 Å². The number of anilines is 1. The summed E-state index contributed by atoms with van der Waals surface area (Å²) in [5, 5.41) is 9.47. The number of thiazole rings is 1. The fraction of sp³-hybridized carbons (Fsp3) is 0.312. The molecule has 0 atom stereocenters. The Morgan fingerprint density at radius 3 is 2.73 bits per heavy atom. The van der Waals surface area contributed by atoms with Crippen molar-refractivity contribution in [1.29, 1.82) is 5.26 Å². The number of hydrogen-bond acceptors (Lipinski definition) is 5. The van der Waals surface area contributed by atoms with E-state index in [1.54, 1.807) is 4.40 Å². The van der Waals surface area contributed by atoms with E-state index in [2.05, 4.69) is 16.0 Å². The van der Waals surface area contributed by atoms with Crippen LogP contribution in [0.3, 0.4) is 0 Å². The van der Waals surface area contributed by atoms with Crippen LogP contribution in [0.25, 0.3) is 15.2 Å². The van der Waals surface area contributed by atoms with E-state index in [-0.39, 0.29) is 11.1 Å². The highest BCUT2D eigenvalue weighted by molar-refractivity contribution is 7.23. The zero-order valence-electron chi connectivity index (χ0n) is 12.0. The molecule has 0 N–H and O–H groups in total. The minimum absolute atomic E-state index is 0.156. The smallest absolute Gasteiger partial charge is 0.279 e. The van der Waals surface area contributed by atoms with E-state index in [4.69, 9.17) is 0 Å². The Morgan fingerprint density at radius 1 is 1.18 bits per heavy atom. The van der Waals surface area contributed by atoms with Gasteiger partial charge in [-0.2, -0.15) is 5.26 Å². The summed E-state index contributed by atoms with van der Waals surface area (Å²) in [5.41, 5.74) is 0.718. The van der Waals surface area contributed by atoms with Crippen LogP contribution < -0.4 is 10.5 Å². The van der Waals surface area contributed by atoms with Gasteiger partial charge in [0.2, 0.25) is 0 Å². The average molecular weight is 310 g/mol. The maximum Gasteiger partial charge on any atom is 0.279 e. The van der Waals surface area contributed by atoms with Crippen LogP contribution in [0.4, 0.5) is 5.82 Å². The molecule has 4 rings (SSSR count). The molecule has 1 aromatic carbocycles. The number of piperidine rings is 1. The number of para-hydroxylation sites is 1. The van der Waals surface area contributed by atoms with Crippen molar-refractivity contribution in [3.63, 3.8) is 0 Å². The molecule has 0 aliphatic carbocycles. The molecule has 0 unspecified atom stereocenters. The lowest BCUT2D eigenvalue weighted by Gasteiger charge is -2.28. The summed E-state index contributed by atoms with van der Waals surface area (Å²) in [4.78, 5) is 20.2. The fourth-order valence-electron chi connectivity index (χ4n) is 3.03. The lowest BCUT2D eigenvalue weighted by atomic mass is 10.1. The number of nitriles is 1. The highest BCUT2D eigenvalue weighted by Crippen LogP contribution is 2.27. The largest absolute Gasteiger partial charge is 0.355 e. The zero-order chi connectivity index (χ0) is 15.1. The van der Waals surface area contributed by atoms with Gasteiger partial charge in [-0.3, -0.25) is 4.79 Å². The van der Waals surface area contributed by atoms with Crippen LogP contribution in [0.5, 0.6) is 0 Å². The van der Waals surface area contributed by atoms with E-state index in [1.165, 1.54) is 17.8 Å². The van der Waals surface area contributed by atoms with Crippen LogP contribution in [0.2, 0.25) is 0 Å². The average Bonchev–Trinajstić information content (AvgIpc) is 2.94. The van der Waals surface area contributed by atoms with E-state index >= 15 is 0 Å². The number of aromatic nitrogens is 2. The molecule has 1 aliphatic rings. The lowest BCUT2D eigenvalue weighted by molar-refractivity contribution is 0.573. The van der Waals surface area contributed by atoms with Crippen molar-refractivity contribution in [1.82, 2.24) is 9.38 Å². The van der Waals surface area contributed by atoms with E-state index < -0.39 is 0 Å². The van der Waals surface area contributed by atoms with Gasteiger partial charge in [0.15, 0.2) is 16.3 Å². The molecule has 5 nitrogen and oxygen atoms in total. The highest BCUT2D eigenvalue weighted by atomic mass is 32.1. The highest BCUT2D eigenvalue weighted by Gasteiger charge is 2.21. The monoisotopic (exact) mass is 310 g/mol. The summed E-state index contributed by atoms with van der Waals surface area (Å²) in [6, 6.07) is 9.78. The van der Waals surface area contributed by atoms with Crippen molar-refractivity contribution >= 4 is 32.3 Å². The van der Waals surface area contributed by atoms with Crippen LogP contribution in [0.15, 0.2) is 29.1 Å². The summed E-state index contributed by atoms with van der Waals surface area (Å²) in [6.07, 6.45) is 3.36. The molecule has 22 heavy (non-hydrogen) atoms. The van der Waals surface area contributed by atoms with E-state index in [1.807, 2.05) is 24.3 Å². The van der Waals surface area contributed by atoms with Gasteiger partial charge in [-0.05, 0) is 31.4 Å². The first-order valence-electron chi connectivity index (χ1n) is 7.39. The van der Waals surface area contributed by atoms with Gasteiger partial charge in [-0.1, -0.05) is 23.5 Å². The molecule has 0 amide bonds. The van der Waals surface area contributed by atoms with Crippen LogP contribution >= 0.6 is 11.3 Å². The molecule has 6 heteroatoms. The van der Waals surface area contributed by atoms with Crippen molar-refractivity contribution < 1.29 is 0 Å². The van der Waals surface area contributed by atoms with Gasteiger partial charge in [-0.15, -0.1) is 0 Å². The van der Waals surface area contributed by atoms with Crippen molar-refractivity contribution in [2.75, 3.05) is 18.0 Å². The topological polar surface area (TPSA) is 61.4 Å². The number of hydrogen-bond donors (Lipinski definition) is 0. The first kappa shape index (κ1) is 13.3. The molecule has 0 saturated carbocycles. The number of nitrogens with zero attached hydrogens (tertiary/aromatic N) is 4. The third kappa shape index (κ3) is 1.90. The van der Waals surface area contributed by atoms with Crippen LogP contribution in [0.1, 0.15) is 24.8 Å². The molecule has 3 heterocycles. The molecule has 2 aromatic heterocycles. The predicted octanol–water partition coefficient (Wildman–Crippen LogP) is 2.77. The van der Waals surface area contributed by atoms with Gasteiger partial charge in [0.1, 0.15) is 6.07 Å². The summed E-state index contributed by atoms with van der Waals surface area (Å²) >= 11 is 1.49. The maximum atomic E-state index is 12.8. The lowest BCUT2D eigenvalue weighted by Crippen LogP contribution is -2.33. The molecule has 0 radical (unpaired) electrons. The second kappa shape index (κ2) is 5.11. The number of benzene rings is 1. The third-order valence-corrected chi connectivity index (χ3v) is 5.13. The molecule has 1 fully saturated rings. The Kier molecular flexibility index (Phi) is 3.09. The number of rotatable bonds is 1. The zero-order valence-corrected chi connectivity index (χ0v) is 12.8. The summed E-state index contributed by atoms with van der Waals surface area (Å²) < 4.78 is 2.57. The van der Waals surface area contributed by atoms with Gasteiger partial charge in [-0.25, -0.2) is 9.38 Å². The van der Waals surface area contributed by atoms with Crippen LogP contribution in [-0.2, 0) is 0 Å². The molecular weight excluding hydrogens is 296 g/mol. The van der Waals surface area contributed by atoms with Crippen molar-refractivity contribution in [2.24, 2.45) is 0 Å². The van der Waals surface area contributed by atoms with Crippen LogP contribution in [-0.4, -0.2) is 22.5 Å². The van der Waals surface area contributed by atoms with Gasteiger partial charge in [0, 0.05) is 13.1 Å². The minimum atomic E-state index is -0.259. The molecule has 0 spiro atoms. The second-order valence-corrected chi connectivity index (χ2v) is 6.47. The Bertz CT molecular complexity index is 960. The first-order chi connectivity index (χ1) is 10.8. The quantitative estimate of drug-likeness (QED) is 0.693. The maximum absolute atomic E-state index is 12.8. The standard InChI is InChI=1S/C16H14N4OS/c17-10-11-14(19-8-4-1-5-9-19)18-16-20(15(11)21)12-6-2-3-7-13(12)22-16/h2-3,6-7H,1,4-5,8-9H2. The molecule has 1 saturated heterocycles. The predicted molar refractivity (Wildman–Crippen MR) is 87.6 cm³/mol. The van der Waals surface area contributed by atoms with Gasteiger partial charge >= 0.3 is 0 Å². The normalized spacial score (nSPS) is 15.3. The molecule has 0 bridgehead atoms. The van der Waals surface area contributed by atoms with Crippen molar-refractivity contribution in [2.45, 2.75) is 19.3 Å². The van der Waals surface area contributed by atoms with E-state index in [0.29, 0.717) is 10.8 Å². The van der Waals surface area contributed by atoms with Crippen molar-refractivity contribution in [3.05, 3.63) is 40.2 Å². The van der Waals surface area contributed by atoms with Gasteiger partial charge < -0.3 is 4.90 Å². The fourth-order valence-corrected chi connectivity index (χ4v) is 4.04. The molecule has 3 aromatic rings. The first-order valence-corrected chi connectivity index (χ1v) is 8.20. The third-order valence-electron chi connectivity index (χ3n) is 4.11. The summed E-state index contributed by atoms with van der Waals surface area (Å²) in [5.74, 6) is 0.554. The van der Waals surface area contributed by atoms with Crippen LogP contribution in [0, 0.1) is 11.3 Å². The molecule has 1 aliphatic heterocycles. The van der Waals surface area contributed by atoms with Gasteiger partial charge in [0.25, 0.3) is 5.56 Å². The van der Waals surface area contributed by atoms with Gasteiger partial charge in [0.05, 0.1) is 10.2 Å². The Morgan fingerprint density at radius 2 is 1.95 bits per heavy atom. The Balaban J connectivity index is 2.04. The number of fused-ring (bicyclic) bond motifs is 3. The summed E-state index contributed by atoms with van der Waals surface area (Å²) in [6.45, 7) is 1.73. The Labute approximate surface area is 131 Å². The summed E-state index contributed by atoms with van der Waals surface area (Å²) in [7, 11) is 0. The second-order valence-electron chi connectivity index (χ2n) is 5.46. The van der Waals surface area contributed by atoms with Crippen molar-refractivity contribution in [3.8, 4) is 6.07 Å².